The van der Waals surface area contributed by atoms with Gasteiger partial charge in [-0.3, -0.25) is 0 Å². The maximum Gasteiger partial charge on any atom is 0.314 e. The molecule has 0 unspecified atom stereocenters. The van der Waals surface area contributed by atoms with E-state index in [1.807, 2.05) is 24.3 Å². The molecule has 0 amide bonds. The van der Waals surface area contributed by atoms with Crippen LogP contribution in [0.1, 0.15) is 0 Å². The van der Waals surface area contributed by atoms with Gasteiger partial charge in [0.15, 0.2) is 5.82 Å². The van der Waals surface area contributed by atoms with Crippen LogP contribution in [0, 0.1) is 4.84 Å². The van der Waals surface area contributed by atoms with Crippen molar-refractivity contribution >= 4 is 28.1 Å². The maximum absolute atomic E-state index is 4.82. The third-order valence-electron chi connectivity index (χ3n) is 1.56. The molecule has 0 saturated carbocycles. The third-order valence-corrected chi connectivity index (χ3v) is 2.26. The number of nitrogens with zero attached hydrogens (tertiary/aromatic N) is 1. The highest BCUT2D eigenvalue weighted by Crippen LogP contribution is 2.17. The zero-order chi connectivity index (χ0) is 9.26. The molecule has 0 bridgehead atoms. The molecule has 5 heteroatoms. The number of H-pyrrole nitrogens is 1. The van der Waals surface area contributed by atoms with E-state index in [0.717, 1.165) is 10.0 Å². The van der Waals surface area contributed by atoms with Crippen molar-refractivity contribution in [2.45, 2.75) is 0 Å². The first-order valence-electron chi connectivity index (χ1n) is 3.57. The van der Waals surface area contributed by atoms with E-state index in [1.165, 1.54) is 0 Å². The molecule has 66 valence electrons. The highest BCUT2D eigenvalue weighted by atomic mass is 79.9. The van der Waals surface area contributed by atoms with E-state index in [9.17, 15) is 0 Å². The van der Waals surface area contributed by atoms with Crippen molar-refractivity contribution in [3.63, 3.8) is 0 Å². The summed E-state index contributed by atoms with van der Waals surface area (Å²) in [7, 11) is 0. The number of aromatic nitrogens is 2. The molecule has 1 heterocycles. The standard InChI is InChI=1S/C8H5BrN2OS/c9-6-3-1-5(2-4-6)7-10-8(13)12-11-7/h1-4H,(H,10,11,13). The topological polar surface area (TPSA) is 41.8 Å². The number of benzene rings is 1. The number of halogens is 1. The summed E-state index contributed by atoms with van der Waals surface area (Å²) in [4.78, 5) is 4.21. The van der Waals surface area contributed by atoms with Gasteiger partial charge in [-0.15, -0.1) is 0 Å². The van der Waals surface area contributed by atoms with Gasteiger partial charge in [0.05, 0.1) is 0 Å². The summed E-state index contributed by atoms with van der Waals surface area (Å²) in [5.41, 5.74) is 0.947. The number of rotatable bonds is 1. The van der Waals surface area contributed by atoms with Gasteiger partial charge in [0, 0.05) is 10.0 Å². The molecule has 0 atom stereocenters. The zero-order valence-electron chi connectivity index (χ0n) is 6.45. The Morgan fingerprint density at radius 2 is 2.00 bits per heavy atom. The maximum atomic E-state index is 4.82. The monoisotopic (exact) mass is 256 g/mol. The van der Waals surface area contributed by atoms with Crippen LogP contribution in [0.5, 0.6) is 0 Å². The smallest absolute Gasteiger partial charge is 0.314 e. The van der Waals surface area contributed by atoms with Crippen LogP contribution < -0.4 is 0 Å². The van der Waals surface area contributed by atoms with Gasteiger partial charge in [0.2, 0.25) is 0 Å². The Bertz CT molecular complexity index is 459. The van der Waals surface area contributed by atoms with Crippen molar-refractivity contribution in [1.82, 2.24) is 10.1 Å². The summed E-state index contributed by atoms with van der Waals surface area (Å²) < 4.78 is 5.84. The van der Waals surface area contributed by atoms with Crippen LogP contribution in [0.2, 0.25) is 0 Å². The van der Waals surface area contributed by atoms with E-state index >= 15 is 0 Å². The summed E-state index contributed by atoms with van der Waals surface area (Å²) >= 11 is 8.09. The Labute approximate surface area is 87.9 Å². The summed E-state index contributed by atoms with van der Waals surface area (Å²) in [5.74, 6) is 0.650. The minimum atomic E-state index is 0.220. The molecular formula is C8H5BrN2OS. The molecule has 1 N–H and O–H groups in total. The fraction of sp³-hybridized carbons (Fsp3) is 0. The van der Waals surface area contributed by atoms with E-state index in [-0.39, 0.29) is 4.84 Å². The molecule has 0 aliphatic rings. The molecule has 0 aliphatic heterocycles. The lowest BCUT2D eigenvalue weighted by molar-refractivity contribution is 0.406. The molecule has 13 heavy (non-hydrogen) atoms. The van der Waals surface area contributed by atoms with Crippen molar-refractivity contribution in [1.29, 1.82) is 0 Å². The first-order chi connectivity index (χ1) is 6.25. The van der Waals surface area contributed by atoms with Crippen LogP contribution in [0.3, 0.4) is 0 Å². The lowest BCUT2D eigenvalue weighted by atomic mass is 10.2. The average molecular weight is 257 g/mol. The van der Waals surface area contributed by atoms with Gasteiger partial charge in [0.1, 0.15) is 0 Å². The molecule has 2 rings (SSSR count). The second-order valence-corrected chi connectivity index (χ2v) is 3.70. The van der Waals surface area contributed by atoms with E-state index < -0.39 is 0 Å². The van der Waals surface area contributed by atoms with Gasteiger partial charge in [-0.25, -0.2) is 5.16 Å². The minimum Gasteiger partial charge on any atom is -0.348 e. The minimum absolute atomic E-state index is 0.220. The first-order valence-corrected chi connectivity index (χ1v) is 4.77. The predicted octanol–water partition coefficient (Wildman–Crippen LogP) is 3.16. The van der Waals surface area contributed by atoms with E-state index in [1.54, 1.807) is 0 Å². The molecular weight excluding hydrogens is 252 g/mol. The molecule has 2 aromatic rings. The number of hydrogen-bond donors (Lipinski definition) is 1. The van der Waals surface area contributed by atoms with Crippen LogP contribution in [-0.4, -0.2) is 10.1 Å². The highest BCUT2D eigenvalue weighted by Gasteiger charge is 2.00. The largest absolute Gasteiger partial charge is 0.348 e. The number of nitrogens with one attached hydrogen (secondary N) is 1. The molecule has 1 aromatic carbocycles. The molecule has 0 aliphatic carbocycles. The lowest BCUT2D eigenvalue weighted by Gasteiger charge is -1.93. The summed E-state index contributed by atoms with van der Waals surface area (Å²) in [6, 6.07) is 7.71. The molecule has 0 saturated heterocycles. The normalized spacial score (nSPS) is 10.2. The van der Waals surface area contributed by atoms with Crippen LogP contribution >= 0.6 is 28.1 Å². The van der Waals surface area contributed by atoms with E-state index in [0.29, 0.717) is 5.82 Å². The van der Waals surface area contributed by atoms with Gasteiger partial charge in [-0.05, 0) is 24.4 Å². The van der Waals surface area contributed by atoms with Crippen LogP contribution in [0.4, 0.5) is 0 Å². The number of aromatic amines is 1. The Balaban J connectivity index is 2.47. The Hall–Kier alpha value is -0.940. The Kier molecular flexibility index (Phi) is 2.28. The lowest BCUT2D eigenvalue weighted by Crippen LogP contribution is -1.78. The van der Waals surface area contributed by atoms with Crippen LogP contribution in [-0.2, 0) is 0 Å². The molecule has 3 nitrogen and oxygen atoms in total. The fourth-order valence-electron chi connectivity index (χ4n) is 0.960. The van der Waals surface area contributed by atoms with E-state index in [4.69, 9.17) is 16.7 Å². The quantitative estimate of drug-likeness (QED) is 0.798. The average Bonchev–Trinajstić information content (AvgIpc) is 2.53. The summed E-state index contributed by atoms with van der Waals surface area (Å²) in [6.45, 7) is 0. The Morgan fingerprint density at radius 3 is 2.54 bits per heavy atom. The number of hydrogen-bond acceptors (Lipinski definition) is 3. The SMILES string of the molecule is S=c1nc(-c2ccc(Br)cc2)[nH]o1. The van der Waals surface area contributed by atoms with Crippen molar-refractivity contribution in [3.05, 3.63) is 33.6 Å². The Morgan fingerprint density at radius 1 is 1.31 bits per heavy atom. The molecule has 1 aromatic heterocycles. The predicted molar refractivity (Wildman–Crippen MR) is 54.8 cm³/mol. The summed E-state index contributed by atoms with van der Waals surface area (Å²) in [6.07, 6.45) is 0. The van der Waals surface area contributed by atoms with Crippen LogP contribution in [0.15, 0.2) is 33.3 Å². The van der Waals surface area contributed by atoms with Crippen molar-refractivity contribution in [2.24, 2.45) is 0 Å². The fourth-order valence-corrected chi connectivity index (χ4v) is 1.36. The van der Waals surface area contributed by atoms with Crippen LogP contribution in [0.25, 0.3) is 11.4 Å². The molecule has 0 spiro atoms. The third kappa shape index (κ3) is 1.87. The van der Waals surface area contributed by atoms with Crippen molar-refractivity contribution in [2.75, 3.05) is 0 Å². The van der Waals surface area contributed by atoms with E-state index in [2.05, 4.69) is 26.1 Å². The van der Waals surface area contributed by atoms with Gasteiger partial charge in [0.25, 0.3) is 0 Å². The van der Waals surface area contributed by atoms with Gasteiger partial charge < -0.3 is 4.52 Å². The summed E-state index contributed by atoms with van der Waals surface area (Å²) in [5, 5.41) is 2.64. The van der Waals surface area contributed by atoms with Crippen molar-refractivity contribution in [3.8, 4) is 11.4 Å². The molecule has 0 fully saturated rings. The van der Waals surface area contributed by atoms with Crippen molar-refractivity contribution < 1.29 is 4.52 Å². The zero-order valence-corrected chi connectivity index (χ0v) is 8.85. The second-order valence-electron chi connectivity index (χ2n) is 2.44. The van der Waals surface area contributed by atoms with Gasteiger partial charge in [-0.2, -0.15) is 4.98 Å². The second kappa shape index (κ2) is 3.43. The van der Waals surface area contributed by atoms with Gasteiger partial charge in [-0.1, -0.05) is 28.1 Å². The molecule has 0 radical (unpaired) electrons. The first kappa shape index (κ1) is 8.65. The van der Waals surface area contributed by atoms with Gasteiger partial charge >= 0.3 is 4.84 Å². The highest BCUT2D eigenvalue weighted by molar-refractivity contribution is 9.10.